The lowest BCUT2D eigenvalue weighted by Gasteiger charge is -2.10. The quantitative estimate of drug-likeness (QED) is 0.422. The van der Waals surface area contributed by atoms with Crippen molar-refractivity contribution in [2.75, 3.05) is 24.3 Å². The number of fused-ring (bicyclic) bond motifs is 2. The standard InChI is InChI=1S/C22H21N7/c1-13-10-14-4-5-15(11-19(14)24-13)21-23-9-8-20(26-21)25-16-6-7-18-17(12-16)22(28-27-18)29(2)3/h4-12,24H,1-3H3,(H,27,28)(H,23,25,26). The van der Waals surface area contributed by atoms with Gasteiger partial charge in [0.25, 0.3) is 0 Å². The van der Waals surface area contributed by atoms with Gasteiger partial charge in [0.15, 0.2) is 11.6 Å². The third-order valence-electron chi connectivity index (χ3n) is 4.91. The molecular weight excluding hydrogens is 362 g/mol. The molecular formula is C22H21N7. The fourth-order valence-corrected chi connectivity index (χ4v) is 3.55. The number of aromatic amines is 2. The van der Waals surface area contributed by atoms with Gasteiger partial charge in [-0.1, -0.05) is 12.1 Å². The molecule has 5 rings (SSSR count). The Bertz CT molecular complexity index is 1330. The maximum atomic E-state index is 4.71. The number of nitrogens with one attached hydrogen (secondary N) is 3. The fraction of sp³-hybridized carbons (Fsp3) is 0.136. The smallest absolute Gasteiger partial charge is 0.161 e. The summed E-state index contributed by atoms with van der Waals surface area (Å²) in [7, 11) is 3.96. The molecule has 0 aliphatic heterocycles. The van der Waals surface area contributed by atoms with Gasteiger partial charge in [-0.15, -0.1) is 0 Å². The van der Waals surface area contributed by atoms with Gasteiger partial charge in [0, 0.05) is 48.1 Å². The maximum absolute atomic E-state index is 4.71. The van der Waals surface area contributed by atoms with Crippen molar-refractivity contribution in [3.05, 3.63) is 60.4 Å². The van der Waals surface area contributed by atoms with E-state index in [2.05, 4.69) is 62.7 Å². The molecule has 0 atom stereocenters. The van der Waals surface area contributed by atoms with Crippen LogP contribution in [0.4, 0.5) is 17.3 Å². The van der Waals surface area contributed by atoms with Crippen LogP contribution in [0.25, 0.3) is 33.2 Å². The summed E-state index contributed by atoms with van der Waals surface area (Å²) in [5.74, 6) is 2.33. The Balaban J connectivity index is 1.47. The van der Waals surface area contributed by atoms with Crippen LogP contribution in [0.2, 0.25) is 0 Å². The van der Waals surface area contributed by atoms with E-state index in [0.29, 0.717) is 5.82 Å². The van der Waals surface area contributed by atoms with E-state index in [4.69, 9.17) is 4.98 Å². The summed E-state index contributed by atoms with van der Waals surface area (Å²) in [6.45, 7) is 2.05. The molecule has 0 fully saturated rings. The minimum absolute atomic E-state index is 0.683. The molecule has 3 heterocycles. The molecule has 0 amide bonds. The number of anilines is 3. The van der Waals surface area contributed by atoms with Crippen LogP contribution in [-0.2, 0) is 0 Å². The Morgan fingerprint density at radius 1 is 0.966 bits per heavy atom. The SMILES string of the molecule is Cc1cc2ccc(-c3nccc(Nc4ccc5[nH]nc(N(C)C)c5c4)n3)cc2[nH]1. The average molecular weight is 383 g/mol. The first-order valence-electron chi connectivity index (χ1n) is 9.42. The minimum Gasteiger partial charge on any atom is -0.361 e. The molecule has 3 N–H and O–H groups in total. The number of nitrogens with zero attached hydrogens (tertiary/aromatic N) is 4. The second kappa shape index (κ2) is 6.63. The molecule has 2 aromatic carbocycles. The number of aromatic nitrogens is 5. The van der Waals surface area contributed by atoms with Crippen LogP contribution < -0.4 is 10.2 Å². The number of hydrogen-bond donors (Lipinski definition) is 3. The summed E-state index contributed by atoms with van der Waals surface area (Å²) in [6, 6.07) is 16.3. The van der Waals surface area contributed by atoms with E-state index >= 15 is 0 Å². The van der Waals surface area contributed by atoms with Crippen molar-refractivity contribution >= 4 is 39.1 Å². The van der Waals surface area contributed by atoms with E-state index in [-0.39, 0.29) is 0 Å². The van der Waals surface area contributed by atoms with Crippen molar-refractivity contribution in [3.63, 3.8) is 0 Å². The van der Waals surface area contributed by atoms with Crippen molar-refractivity contribution in [2.45, 2.75) is 6.92 Å². The number of rotatable bonds is 4. The van der Waals surface area contributed by atoms with E-state index in [9.17, 15) is 0 Å². The lowest BCUT2D eigenvalue weighted by molar-refractivity contribution is 1.02. The molecule has 144 valence electrons. The van der Waals surface area contributed by atoms with E-state index in [1.54, 1.807) is 6.20 Å². The van der Waals surface area contributed by atoms with E-state index < -0.39 is 0 Å². The summed E-state index contributed by atoms with van der Waals surface area (Å²) >= 11 is 0. The highest BCUT2D eigenvalue weighted by Crippen LogP contribution is 2.28. The monoisotopic (exact) mass is 383 g/mol. The predicted octanol–water partition coefficient (Wildman–Crippen LogP) is 4.62. The first-order chi connectivity index (χ1) is 14.1. The molecule has 0 spiro atoms. The number of aryl methyl sites for hydroxylation is 1. The molecule has 7 nitrogen and oxygen atoms in total. The highest BCUT2D eigenvalue weighted by Gasteiger charge is 2.09. The van der Waals surface area contributed by atoms with Gasteiger partial charge in [0.2, 0.25) is 0 Å². The topological polar surface area (TPSA) is 85.5 Å². The molecule has 0 radical (unpaired) electrons. The molecule has 3 aromatic heterocycles. The van der Waals surface area contributed by atoms with E-state index in [0.717, 1.165) is 45.0 Å². The molecule has 0 unspecified atom stereocenters. The van der Waals surface area contributed by atoms with Crippen molar-refractivity contribution in [3.8, 4) is 11.4 Å². The molecule has 0 saturated carbocycles. The summed E-state index contributed by atoms with van der Waals surface area (Å²) in [5, 5.41) is 13.1. The summed E-state index contributed by atoms with van der Waals surface area (Å²) in [6.07, 6.45) is 1.77. The first-order valence-corrected chi connectivity index (χ1v) is 9.42. The van der Waals surface area contributed by atoms with Gasteiger partial charge in [0.05, 0.1) is 5.52 Å². The number of benzene rings is 2. The van der Waals surface area contributed by atoms with Gasteiger partial charge >= 0.3 is 0 Å². The third kappa shape index (κ3) is 3.16. The van der Waals surface area contributed by atoms with Gasteiger partial charge in [0.1, 0.15) is 5.82 Å². The van der Waals surface area contributed by atoms with Gasteiger partial charge in [-0.05, 0) is 48.7 Å². The van der Waals surface area contributed by atoms with Crippen LogP contribution in [-0.4, -0.2) is 39.2 Å². The average Bonchev–Trinajstić information content (AvgIpc) is 3.29. The third-order valence-corrected chi connectivity index (χ3v) is 4.91. The van der Waals surface area contributed by atoms with Crippen LogP contribution in [0.15, 0.2) is 54.7 Å². The van der Waals surface area contributed by atoms with Crippen molar-refractivity contribution in [1.82, 2.24) is 25.1 Å². The van der Waals surface area contributed by atoms with Gasteiger partial charge in [-0.3, -0.25) is 5.10 Å². The Labute approximate surface area is 167 Å². The zero-order valence-corrected chi connectivity index (χ0v) is 16.5. The van der Waals surface area contributed by atoms with E-state index in [1.165, 1.54) is 5.39 Å². The molecule has 7 heteroatoms. The Morgan fingerprint density at radius 2 is 1.86 bits per heavy atom. The van der Waals surface area contributed by atoms with Crippen LogP contribution in [0.1, 0.15) is 5.69 Å². The maximum Gasteiger partial charge on any atom is 0.161 e. The molecule has 0 bridgehead atoms. The molecule has 0 aliphatic carbocycles. The van der Waals surface area contributed by atoms with E-state index in [1.807, 2.05) is 37.2 Å². The molecule has 0 saturated heterocycles. The Kier molecular flexibility index (Phi) is 3.94. The zero-order chi connectivity index (χ0) is 20.0. The summed E-state index contributed by atoms with van der Waals surface area (Å²) < 4.78 is 0. The second-order valence-electron chi connectivity index (χ2n) is 7.35. The largest absolute Gasteiger partial charge is 0.361 e. The number of H-pyrrole nitrogens is 2. The number of hydrogen-bond acceptors (Lipinski definition) is 5. The fourth-order valence-electron chi connectivity index (χ4n) is 3.55. The second-order valence-corrected chi connectivity index (χ2v) is 7.35. The minimum atomic E-state index is 0.683. The van der Waals surface area contributed by atoms with Crippen molar-refractivity contribution < 1.29 is 0 Å². The summed E-state index contributed by atoms with van der Waals surface area (Å²) in [5.41, 5.74) is 5.14. The lowest BCUT2D eigenvalue weighted by atomic mass is 10.1. The van der Waals surface area contributed by atoms with Crippen LogP contribution >= 0.6 is 0 Å². The molecule has 5 aromatic rings. The molecule has 0 aliphatic rings. The highest BCUT2D eigenvalue weighted by molar-refractivity contribution is 5.93. The predicted molar refractivity (Wildman–Crippen MR) is 118 cm³/mol. The first kappa shape index (κ1) is 17.2. The van der Waals surface area contributed by atoms with Crippen molar-refractivity contribution in [2.24, 2.45) is 0 Å². The summed E-state index contributed by atoms with van der Waals surface area (Å²) in [4.78, 5) is 14.5. The Hall–Kier alpha value is -3.87. The van der Waals surface area contributed by atoms with Crippen LogP contribution in [0, 0.1) is 6.92 Å². The van der Waals surface area contributed by atoms with Crippen LogP contribution in [0.3, 0.4) is 0 Å². The van der Waals surface area contributed by atoms with Crippen LogP contribution in [0.5, 0.6) is 0 Å². The highest BCUT2D eigenvalue weighted by atomic mass is 15.2. The van der Waals surface area contributed by atoms with Gasteiger partial charge < -0.3 is 15.2 Å². The molecule has 29 heavy (non-hydrogen) atoms. The van der Waals surface area contributed by atoms with Gasteiger partial charge in [-0.2, -0.15) is 5.10 Å². The van der Waals surface area contributed by atoms with Gasteiger partial charge in [-0.25, -0.2) is 9.97 Å². The van der Waals surface area contributed by atoms with Crippen molar-refractivity contribution in [1.29, 1.82) is 0 Å². The zero-order valence-electron chi connectivity index (χ0n) is 16.5. The lowest BCUT2D eigenvalue weighted by Crippen LogP contribution is -2.09. The normalized spacial score (nSPS) is 11.3. The Morgan fingerprint density at radius 3 is 2.72 bits per heavy atom.